The number of aromatic nitrogens is 2. The summed E-state index contributed by atoms with van der Waals surface area (Å²) in [5, 5.41) is 7.21. The van der Waals surface area contributed by atoms with E-state index in [1.165, 1.54) is 18.3 Å². The summed E-state index contributed by atoms with van der Waals surface area (Å²) < 4.78 is 44.5. The van der Waals surface area contributed by atoms with Crippen molar-refractivity contribution in [1.82, 2.24) is 15.1 Å². The van der Waals surface area contributed by atoms with Crippen LogP contribution in [0.5, 0.6) is 11.5 Å². The molecule has 0 amide bonds. The molecule has 0 saturated heterocycles. The predicted octanol–water partition coefficient (Wildman–Crippen LogP) is 3.30. The van der Waals surface area contributed by atoms with Crippen molar-refractivity contribution < 1.29 is 17.9 Å². The van der Waals surface area contributed by atoms with Gasteiger partial charge in [0.1, 0.15) is 5.75 Å². The van der Waals surface area contributed by atoms with Gasteiger partial charge in [0.25, 0.3) is 0 Å². The highest BCUT2D eigenvalue weighted by atomic mass is 19.4. The Kier molecular flexibility index (Phi) is 4.52. The van der Waals surface area contributed by atoms with E-state index in [4.69, 9.17) is 4.74 Å². The number of hydrogen-bond donors (Lipinski definition) is 1. The van der Waals surface area contributed by atoms with E-state index < -0.39 is 11.7 Å². The first kappa shape index (κ1) is 15.4. The lowest BCUT2D eigenvalue weighted by Gasteiger charge is -2.09. The number of halogens is 3. The molecule has 21 heavy (non-hydrogen) atoms. The predicted molar refractivity (Wildman–Crippen MR) is 72.3 cm³/mol. The van der Waals surface area contributed by atoms with Crippen LogP contribution in [0.3, 0.4) is 0 Å². The number of benzene rings is 1. The number of rotatable bonds is 5. The molecular formula is C14H16F3N3O. The fourth-order valence-electron chi connectivity index (χ4n) is 1.72. The molecule has 1 N–H and O–H groups in total. The standard InChI is InChI=1S/C14H16F3N3O/c1-10(18-2)8-20-9-13(7-19-20)21-12-5-3-11(4-6-12)14(15,16)17/h3-7,9-10,18H,8H2,1-2H3. The van der Waals surface area contributed by atoms with Gasteiger partial charge < -0.3 is 10.1 Å². The molecule has 0 fully saturated rings. The normalized spacial score (nSPS) is 13.2. The van der Waals surface area contributed by atoms with Crippen LogP contribution in [-0.2, 0) is 12.7 Å². The fourth-order valence-corrected chi connectivity index (χ4v) is 1.72. The highest BCUT2D eigenvalue weighted by molar-refractivity contribution is 5.32. The zero-order valence-corrected chi connectivity index (χ0v) is 11.7. The average Bonchev–Trinajstić information content (AvgIpc) is 2.85. The minimum Gasteiger partial charge on any atom is -0.454 e. The fraction of sp³-hybridized carbons (Fsp3) is 0.357. The van der Waals surface area contributed by atoms with E-state index in [1.54, 1.807) is 10.9 Å². The second kappa shape index (κ2) is 6.17. The summed E-state index contributed by atoms with van der Waals surface area (Å²) in [5.74, 6) is 0.822. The number of hydrogen-bond acceptors (Lipinski definition) is 3. The SMILES string of the molecule is CNC(C)Cn1cc(Oc2ccc(C(F)(F)F)cc2)cn1. The Morgan fingerprint density at radius 2 is 1.90 bits per heavy atom. The summed E-state index contributed by atoms with van der Waals surface area (Å²) in [6.07, 6.45) is -1.11. The Bertz CT molecular complexity index is 578. The van der Waals surface area contributed by atoms with Gasteiger partial charge in [0.2, 0.25) is 0 Å². The topological polar surface area (TPSA) is 39.1 Å². The van der Waals surface area contributed by atoms with Crippen molar-refractivity contribution in [1.29, 1.82) is 0 Å². The smallest absolute Gasteiger partial charge is 0.416 e. The largest absolute Gasteiger partial charge is 0.454 e. The van der Waals surface area contributed by atoms with Crippen molar-refractivity contribution >= 4 is 0 Å². The molecule has 1 atom stereocenters. The number of nitrogens with one attached hydrogen (secondary N) is 1. The summed E-state index contributed by atoms with van der Waals surface area (Å²) in [6.45, 7) is 2.69. The lowest BCUT2D eigenvalue weighted by atomic mass is 10.2. The van der Waals surface area contributed by atoms with Crippen LogP contribution in [0, 0.1) is 0 Å². The molecule has 1 unspecified atom stereocenters. The highest BCUT2D eigenvalue weighted by Gasteiger charge is 2.30. The molecule has 1 aromatic heterocycles. The van der Waals surface area contributed by atoms with Crippen LogP contribution in [0.1, 0.15) is 12.5 Å². The van der Waals surface area contributed by atoms with Crippen LogP contribution < -0.4 is 10.1 Å². The molecule has 2 aromatic rings. The molecule has 0 saturated carbocycles. The van der Waals surface area contributed by atoms with E-state index in [-0.39, 0.29) is 6.04 Å². The van der Waals surface area contributed by atoms with Gasteiger partial charge in [0.15, 0.2) is 5.75 Å². The molecular weight excluding hydrogens is 283 g/mol. The first-order chi connectivity index (χ1) is 9.88. The summed E-state index contributed by atoms with van der Waals surface area (Å²) >= 11 is 0. The second-order valence-electron chi connectivity index (χ2n) is 4.71. The van der Waals surface area contributed by atoms with Crippen molar-refractivity contribution in [2.75, 3.05) is 7.05 Å². The van der Waals surface area contributed by atoms with Crippen LogP contribution in [0.4, 0.5) is 13.2 Å². The molecule has 1 aromatic carbocycles. The Hall–Kier alpha value is -2.02. The average molecular weight is 299 g/mol. The minimum atomic E-state index is -4.34. The van der Waals surface area contributed by atoms with Gasteiger partial charge in [-0.1, -0.05) is 0 Å². The maximum Gasteiger partial charge on any atom is 0.416 e. The lowest BCUT2D eigenvalue weighted by molar-refractivity contribution is -0.137. The third kappa shape index (κ3) is 4.22. The summed E-state index contributed by atoms with van der Waals surface area (Å²) in [6, 6.07) is 4.81. The van der Waals surface area contributed by atoms with Gasteiger partial charge in [0, 0.05) is 6.04 Å². The van der Waals surface area contributed by atoms with Gasteiger partial charge in [-0.15, -0.1) is 0 Å². The van der Waals surface area contributed by atoms with E-state index in [0.717, 1.165) is 12.1 Å². The first-order valence-electron chi connectivity index (χ1n) is 6.43. The van der Waals surface area contributed by atoms with E-state index >= 15 is 0 Å². The molecule has 0 spiro atoms. The van der Waals surface area contributed by atoms with Crippen LogP contribution in [0.15, 0.2) is 36.7 Å². The molecule has 2 rings (SSSR count). The Morgan fingerprint density at radius 3 is 2.48 bits per heavy atom. The van der Waals surface area contributed by atoms with Crippen molar-refractivity contribution in [2.24, 2.45) is 0 Å². The van der Waals surface area contributed by atoms with Crippen LogP contribution in [0.2, 0.25) is 0 Å². The van der Waals surface area contributed by atoms with Crippen LogP contribution in [-0.4, -0.2) is 22.9 Å². The van der Waals surface area contributed by atoms with Crippen molar-refractivity contribution in [2.45, 2.75) is 25.7 Å². The zero-order valence-electron chi connectivity index (χ0n) is 11.7. The van der Waals surface area contributed by atoms with Gasteiger partial charge in [-0.2, -0.15) is 18.3 Å². The Balaban J connectivity index is 2.02. The maximum atomic E-state index is 12.4. The molecule has 0 bridgehead atoms. The molecule has 7 heteroatoms. The van der Waals surface area contributed by atoms with Crippen molar-refractivity contribution in [3.63, 3.8) is 0 Å². The van der Waals surface area contributed by atoms with Crippen LogP contribution >= 0.6 is 0 Å². The summed E-state index contributed by atoms with van der Waals surface area (Å²) in [4.78, 5) is 0. The van der Waals surface area contributed by atoms with E-state index in [1.807, 2.05) is 14.0 Å². The molecule has 114 valence electrons. The molecule has 0 aliphatic heterocycles. The van der Waals surface area contributed by atoms with Gasteiger partial charge >= 0.3 is 6.18 Å². The summed E-state index contributed by atoms with van der Waals surface area (Å²) in [7, 11) is 1.85. The quantitative estimate of drug-likeness (QED) is 0.920. The number of ether oxygens (including phenoxy) is 1. The van der Waals surface area contributed by atoms with Crippen molar-refractivity contribution in [3.05, 3.63) is 42.2 Å². The van der Waals surface area contributed by atoms with E-state index in [2.05, 4.69) is 10.4 Å². The van der Waals surface area contributed by atoms with E-state index in [9.17, 15) is 13.2 Å². The van der Waals surface area contributed by atoms with Gasteiger partial charge in [0.05, 0.1) is 24.5 Å². The van der Waals surface area contributed by atoms with Gasteiger partial charge in [-0.05, 0) is 38.2 Å². The number of likely N-dealkylation sites (N-methyl/N-ethyl adjacent to an activating group) is 1. The zero-order chi connectivity index (χ0) is 15.5. The number of alkyl halides is 3. The van der Waals surface area contributed by atoms with E-state index in [0.29, 0.717) is 18.0 Å². The minimum absolute atomic E-state index is 0.254. The Labute approximate surface area is 120 Å². The van der Waals surface area contributed by atoms with Gasteiger partial charge in [-0.3, -0.25) is 4.68 Å². The number of nitrogens with zero attached hydrogens (tertiary/aromatic N) is 2. The first-order valence-corrected chi connectivity index (χ1v) is 6.43. The Morgan fingerprint density at radius 1 is 1.24 bits per heavy atom. The summed E-state index contributed by atoms with van der Waals surface area (Å²) in [5.41, 5.74) is -0.701. The molecule has 0 aliphatic rings. The third-order valence-electron chi connectivity index (χ3n) is 2.98. The maximum absolute atomic E-state index is 12.4. The molecule has 1 heterocycles. The molecule has 0 radical (unpaired) electrons. The van der Waals surface area contributed by atoms with Crippen LogP contribution in [0.25, 0.3) is 0 Å². The molecule has 4 nitrogen and oxygen atoms in total. The second-order valence-corrected chi connectivity index (χ2v) is 4.71. The molecule has 0 aliphatic carbocycles. The third-order valence-corrected chi connectivity index (χ3v) is 2.98. The van der Waals surface area contributed by atoms with Gasteiger partial charge in [-0.25, -0.2) is 0 Å². The lowest BCUT2D eigenvalue weighted by Crippen LogP contribution is -2.26. The monoisotopic (exact) mass is 299 g/mol. The van der Waals surface area contributed by atoms with Crippen molar-refractivity contribution in [3.8, 4) is 11.5 Å². The highest BCUT2D eigenvalue weighted by Crippen LogP contribution is 2.31.